The largest absolute Gasteiger partial charge is 0.379 e. The molecule has 0 atom stereocenters. The van der Waals surface area contributed by atoms with E-state index < -0.39 is 5.56 Å². The molecule has 9 heteroatoms. The number of fused-ring (bicyclic) bond motifs is 1. The number of imidazole rings is 1. The molecule has 0 unspecified atom stereocenters. The molecule has 0 amide bonds. The van der Waals surface area contributed by atoms with Gasteiger partial charge in [-0.15, -0.1) is 0 Å². The van der Waals surface area contributed by atoms with Crippen LogP contribution >= 0.6 is 11.6 Å². The molecular formula is C23H23ClN6O2. The summed E-state index contributed by atoms with van der Waals surface area (Å²) < 4.78 is 6.62. The number of halogens is 1. The van der Waals surface area contributed by atoms with Gasteiger partial charge in [-0.1, -0.05) is 48.0 Å². The molecule has 1 aliphatic heterocycles. The molecule has 0 saturated carbocycles. The van der Waals surface area contributed by atoms with E-state index in [2.05, 4.69) is 37.4 Å². The van der Waals surface area contributed by atoms with Crippen molar-refractivity contribution < 1.29 is 4.74 Å². The number of hydrogen-bond acceptors (Lipinski definition) is 6. The van der Waals surface area contributed by atoms with Gasteiger partial charge in [-0.25, -0.2) is 4.98 Å². The molecule has 1 fully saturated rings. The van der Waals surface area contributed by atoms with Crippen molar-refractivity contribution in [2.24, 2.45) is 0 Å². The predicted octanol–water partition coefficient (Wildman–Crippen LogP) is 3.21. The van der Waals surface area contributed by atoms with Crippen molar-refractivity contribution in [2.75, 3.05) is 31.6 Å². The minimum Gasteiger partial charge on any atom is -0.379 e. The van der Waals surface area contributed by atoms with Crippen molar-refractivity contribution in [3.05, 3.63) is 81.2 Å². The van der Waals surface area contributed by atoms with Crippen LogP contribution in [0, 0.1) is 0 Å². The fourth-order valence-electron chi connectivity index (χ4n) is 3.82. The number of nitrogens with zero attached hydrogens (tertiary/aromatic N) is 4. The molecule has 1 saturated heterocycles. The quantitative estimate of drug-likeness (QED) is 0.469. The van der Waals surface area contributed by atoms with Gasteiger partial charge in [0.25, 0.3) is 5.56 Å². The fourth-order valence-corrected chi connectivity index (χ4v) is 4.02. The van der Waals surface area contributed by atoms with Gasteiger partial charge in [0.2, 0.25) is 5.95 Å². The van der Waals surface area contributed by atoms with Crippen LogP contribution in [-0.2, 0) is 17.8 Å². The molecule has 0 radical (unpaired) electrons. The summed E-state index contributed by atoms with van der Waals surface area (Å²) in [6.45, 7) is 4.79. The number of rotatable bonds is 6. The molecule has 5 rings (SSSR count). The van der Waals surface area contributed by atoms with Crippen LogP contribution in [0.3, 0.4) is 0 Å². The normalized spacial score (nSPS) is 14.7. The number of H-pyrrole nitrogens is 1. The topological polar surface area (TPSA) is 88.1 Å². The van der Waals surface area contributed by atoms with Crippen LogP contribution in [0.15, 0.2) is 59.5 Å². The van der Waals surface area contributed by atoms with Crippen LogP contribution < -0.4 is 10.9 Å². The first-order valence-electron chi connectivity index (χ1n) is 10.5. The van der Waals surface area contributed by atoms with Crippen LogP contribution in [0.2, 0.25) is 5.02 Å². The molecule has 1 aliphatic rings. The summed E-state index contributed by atoms with van der Waals surface area (Å²) in [5.74, 6) is 0.334. The standard InChI is InChI=1S/C23H23ClN6O2/c24-21-20(14-26-30(22(21)31)23-27-18-7-3-4-8-19(18)28-23)25-13-16-5-1-2-6-17(16)15-29-9-11-32-12-10-29/h1-8,14,25H,9-13,15H2,(H,27,28). The smallest absolute Gasteiger partial charge is 0.295 e. The van der Waals surface area contributed by atoms with Crippen molar-refractivity contribution in [1.82, 2.24) is 24.6 Å². The molecule has 8 nitrogen and oxygen atoms in total. The van der Waals surface area contributed by atoms with Crippen molar-refractivity contribution >= 4 is 28.3 Å². The molecule has 2 aromatic carbocycles. The first kappa shape index (κ1) is 20.7. The highest BCUT2D eigenvalue weighted by Gasteiger charge is 2.15. The number of benzene rings is 2. The van der Waals surface area contributed by atoms with Gasteiger partial charge < -0.3 is 15.0 Å². The van der Waals surface area contributed by atoms with E-state index in [1.807, 2.05) is 36.4 Å². The fraction of sp³-hybridized carbons (Fsp3) is 0.261. The van der Waals surface area contributed by atoms with E-state index in [-0.39, 0.29) is 5.02 Å². The summed E-state index contributed by atoms with van der Waals surface area (Å²) in [5.41, 5.74) is 4.03. The zero-order valence-corrected chi connectivity index (χ0v) is 18.2. The summed E-state index contributed by atoms with van der Waals surface area (Å²) >= 11 is 6.41. The van der Waals surface area contributed by atoms with E-state index in [1.165, 1.54) is 10.2 Å². The third-order valence-corrected chi connectivity index (χ3v) is 5.95. The lowest BCUT2D eigenvalue weighted by molar-refractivity contribution is 0.0341. The van der Waals surface area contributed by atoms with Gasteiger partial charge in [0.05, 0.1) is 36.1 Å². The monoisotopic (exact) mass is 450 g/mol. The number of morpholine rings is 1. The molecule has 2 N–H and O–H groups in total. The van der Waals surface area contributed by atoms with Gasteiger partial charge in [0, 0.05) is 26.2 Å². The molecule has 32 heavy (non-hydrogen) atoms. The molecule has 3 heterocycles. The SMILES string of the molecule is O=c1c(Cl)c(NCc2ccccc2CN2CCOCC2)cnn1-c1nc2ccccc2[nH]1. The summed E-state index contributed by atoms with van der Waals surface area (Å²) in [4.78, 5) is 22.8. The minimum absolute atomic E-state index is 0.0751. The van der Waals surface area contributed by atoms with E-state index in [9.17, 15) is 4.79 Å². The van der Waals surface area contributed by atoms with Gasteiger partial charge in [-0.2, -0.15) is 9.78 Å². The van der Waals surface area contributed by atoms with Crippen LogP contribution in [0.4, 0.5) is 5.69 Å². The third kappa shape index (κ3) is 4.25. The first-order valence-corrected chi connectivity index (χ1v) is 10.9. The van der Waals surface area contributed by atoms with Gasteiger partial charge in [-0.05, 0) is 23.3 Å². The maximum Gasteiger partial charge on any atom is 0.295 e. The van der Waals surface area contributed by atoms with Crippen molar-refractivity contribution in [2.45, 2.75) is 13.1 Å². The van der Waals surface area contributed by atoms with E-state index in [1.54, 1.807) is 6.20 Å². The lowest BCUT2D eigenvalue weighted by Gasteiger charge is -2.27. The Labute approximate surface area is 189 Å². The van der Waals surface area contributed by atoms with Gasteiger partial charge in [0.15, 0.2) is 0 Å². The summed E-state index contributed by atoms with van der Waals surface area (Å²) in [6, 6.07) is 15.8. The zero-order valence-electron chi connectivity index (χ0n) is 17.4. The Hall–Kier alpha value is -3.20. The van der Waals surface area contributed by atoms with Crippen LogP contribution in [0.25, 0.3) is 17.0 Å². The molecule has 0 aliphatic carbocycles. The number of ether oxygens (including phenoxy) is 1. The Morgan fingerprint density at radius 2 is 1.81 bits per heavy atom. The van der Waals surface area contributed by atoms with Gasteiger partial charge in [0.1, 0.15) is 5.02 Å². The third-order valence-electron chi connectivity index (χ3n) is 5.58. The summed E-state index contributed by atoms with van der Waals surface area (Å²) in [7, 11) is 0. The number of hydrogen-bond donors (Lipinski definition) is 2. The number of para-hydroxylation sites is 2. The van der Waals surface area contributed by atoms with Crippen molar-refractivity contribution in [1.29, 1.82) is 0 Å². The Balaban J connectivity index is 1.34. The molecule has 164 valence electrons. The molecule has 4 aromatic rings. The second kappa shape index (κ2) is 9.12. The summed E-state index contributed by atoms with van der Waals surface area (Å²) in [6.07, 6.45) is 1.56. The lowest BCUT2D eigenvalue weighted by Crippen LogP contribution is -2.35. The highest BCUT2D eigenvalue weighted by atomic mass is 35.5. The highest BCUT2D eigenvalue weighted by molar-refractivity contribution is 6.32. The predicted molar refractivity (Wildman–Crippen MR) is 124 cm³/mol. The van der Waals surface area contributed by atoms with Crippen molar-refractivity contribution in [3.8, 4) is 5.95 Å². The van der Waals surface area contributed by atoms with Crippen LogP contribution in [0.5, 0.6) is 0 Å². The zero-order chi connectivity index (χ0) is 21.9. The summed E-state index contributed by atoms with van der Waals surface area (Å²) in [5, 5.41) is 7.62. The molecule has 2 aromatic heterocycles. The van der Waals surface area contributed by atoms with E-state index in [0.29, 0.717) is 18.2 Å². The number of aromatic nitrogens is 4. The van der Waals surface area contributed by atoms with E-state index in [0.717, 1.165) is 49.4 Å². The van der Waals surface area contributed by atoms with Gasteiger partial charge in [-0.3, -0.25) is 9.69 Å². The van der Waals surface area contributed by atoms with Crippen LogP contribution in [-0.4, -0.2) is 51.0 Å². The van der Waals surface area contributed by atoms with E-state index >= 15 is 0 Å². The van der Waals surface area contributed by atoms with Gasteiger partial charge >= 0.3 is 0 Å². The molecule has 0 bridgehead atoms. The number of aromatic amines is 1. The second-order valence-corrected chi connectivity index (χ2v) is 8.06. The average molecular weight is 451 g/mol. The van der Waals surface area contributed by atoms with Crippen LogP contribution in [0.1, 0.15) is 11.1 Å². The maximum atomic E-state index is 12.9. The maximum absolute atomic E-state index is 12.9. The van der Waals surface area contributed by atoms with Crippen molar-refractivity contribution in [3.63, 3.8) is 0 Å². The highest BCUT2D eigenvalue weighted by Crippen LogP contribution is 2.20. The molecular weight excluding hydrogens is 428 g/mol. The Morgan fingerprint density at radius 1 is 1.06 bits per heavy atom. The molecule has 0 spiro atoms. The Morgan fingerprint density at radius 3 is 2.62 bits per heavy atom. The second-order valence-electron chi connectivity index (χ2n) is 7.68. The van der Waals surface area contributed by atoms with E-state index in [4.69, 9.17) is 16.3 Å². The Bertz CT molecular complexity index is 1260. The number of nitrogens with one attached hydrogen (secondary N) is 2. The Kier molecular flexibility index (Phi) is 5.89. The lowest BCUT2D eigenvalue weighted by atomic mass is 10.1. The average Bonchev–Trinajstić information content (AvgIpc) is 3.25. The minimum atomic E-state index is -0.433. The first-order chi connectivity index (χ1) is 15.7. The number of anilines is 1.